The first-order valence-electron chi connectivity index (χ1n) is 18.6. The number of aryl methyl sites for hydroxylation is 1. The molecule has 0 saturated heterocycles. The molecule has 7 heteroatoms. The molecule has 52 heavy (non-hydrogen) atoms. The normalized spacial score (nSPS) is 12.5. The minimum Gasteiger partial charge on any atom is -0.457 e. The fourth-order valence-electron chi connectivity index (χ4n) is 6.80. The number of fused-ring (bicyclic) bond motifs is 2. The fraction of sp³-hybridized carbons (Fsp3) is 0.311. The highest BCUT2D eigenvalue weighted by Crippen LogP contribution is 2.44. The van der Waals surface area contributed by atoms with Crippen molar-refractivity contribution >= 4 is 39.7 Å². The summed E-state index contributed by atoms with van der Waals surface area (Å²) in [6, 6.07) is 30.4. The van der Waals surface area contributed by atoms with E-state index in [1.54, 1.807) is 0 Å². The van der Waals surface area contributed by atoms with E-state index in [2.05, 4.69) is 76.4 Å². The molecule has 0 bridgehead atoms. The second-order valence-corrected chi connectivity index (χ2v) is 14.8. The summed E-state index contributed by atoms with van der Waals surface area (Å²) in [5.74, 6) is 1.95. The lowest BCUT2D eigenvalue weighted by atomic mass is 9.82. The maximum absolute atomic E-state index is 13.6. The number of benzene rings is 5. The van der Waals surface area contributed by atoms with E-state index in [4.69, 9.17) is 15.6 Å². The Balaban J connectivity index is 1.47. The number of hydrogen-bond donors (Lipinski definition) is 4. The Morgan fingerprint density at radius 2 is 1.46 bits per heavy atom. The van der Waals surface area contributed by atoms with Crippen LogP contribution in [-0.4, -0.2) is 35.6 Å². The van der Waals surface area contributed by atoms with Crippen LogP contribution >= 0.6 is 0 Å². The van der Waals surface area contributed by atoms with E-state index in [1.807, 2.05) is 71.6 Å². The number of amides is 1. The molecule has 1 amide bonds. The van der Waals surface area contributed by atoms with E-state index in [0.29, 0.717) is 22.4 Å². The number of hydrogen-bond acceptors (Lipinski definition) is 5. The SMILES string of the molecule is CCCCN(CCCC)C(=O)c1ccc(Nc2cc(C(C)(C)C)cc3cc4c(c(-c5cccc(Oc6cccc(CC)c6)c5)c23)C(=N)NC4=N)cc1. The summed E-state index contributed by atoms with van der Waals surface area (Å²) < 4.78 is 6.38. The van der Waals surface area contributed by atoms with Gasteiger partial charge in [-0.05, 0) is 107 Å². The average molecular weight is 694 g/mol. The molecule has 0 unspecified atom stereocenters. The standard InChI is InChI=1S/C45H51N5O2/c1-7-10-22-50(23-11-8-2)44(51)30-18-20-34(21-19-30)48-38-28-33(45(4,5)6)25-32-27-37-41(43(47)49-42(37)46)40(39(32)38)31-15-13-17-36(26-31)52-35-16-12-14-29(9-3)24-35/h12-21,24-28,48H,7-11,22-23H2,1-6H3,(H3,46,47,49). The molecule has 0 aliphatic carbocycles. The van der Waals surface area contributed by atoms with Gasteiger partial charge in [0.1, 0.15) is 23.2 Å². The third-order valence-electron chi connectivity index (χ3n) is 9.80. The van der Waals surface area contributed by atoms with Gasteiger partial charge in [0.15, 0.2) is 0 Å². The van der Waals surface area contributed by atoms with Crippen molar-refractivity contribution < 1.29 is 9.53 Å². The van der Waals surface area contributed by atoms with Crippen molar-refractivity contribution in [2.24, 2.45) is 0 Å². The van der Waals surface area contributed by atoms with E-state index in [-0.39, 0.29) is 23.0 Å². The molecule has 6 rings (SSSR count). The van der Waals surface area contributed by atoms with Gasteiger partial charge in [0.05, 0.1) is 0 Å². The molecule has 0 radical (unpaired) electrons. The highest BCUT2D eigenvalue weighted by molar-refractivity contribution is 6.30. The molecule has 1 aliphatic rings. The summed E-state index contributed by atoms with van der Waals surface area (Å²) in [7, 11) is 0. The Morgan fingerprint density at radius 1 is 0.788 bits per heavy atom. The van der Waals surface area contributed by atoms with Crippen LogP contribution in [0.4, 0.5) is 11.4 Å². The summed E-state index contributed by atoms with van der Waals surface area (Å²) in [4.78, 5) is 15.5. The van der Waals surface area contributed by atoms with Gasteiger partial charge in [-0.1, -0.05) is 84.7 Å². The number of nitrogens with one attached hydrogen (secondary N) is 4. The monoisotopic (exact) mass is 693 g/mol. The predicted molar refractivity (Wildman–Crippen MR) is 216 cm³/mol. The lowest BCUT2D eigenvalue weighted by Crippen LogP contribution is -2.32. The van der Waals surface area contributed by atoms with Crippen LogP contribution in [0.15, 0.2) is 91.0 Å². The topological polar surface area (TPSA) is 101 Å². The zero-order valence-corrected chi connectivity index (χ0v) is 31.4. The van der Waals surface area contributed by atoms with E-state index >= 15 is 0 Å². The Labute approximate surface area is 308 Å². The van der Waals surface area contributed by atoms with E-state index in [1.165, 1.54) is 5.56 Å². The number of rotatable bonds is 13. The summed E-state index contributed by atoms with van der Waals surface area (Å²) in [6.45, 7) is 14.6. The molecule has 0 saturated carbocycles. The number of nitrogens with zero attached hydrogens (tertiary/aromatic N) is 1. The number of carbonyl (C=O) groups is 1. The van der Waals surface area contributed by atoms with Gasteiger partial charge in [-0.3, -0.25) is 15.6 Å². The van der Waals surface area contributed by atoms with Gasteiger partial charge in [0, 0.05) is 52.1 Å². The first kappa shape index (κ1) is 36.4. The van der Waals surface area contributed by atoms with Crippen molar-refractivity contribution in [1.29, 1.82) is 10.8 Å². The second-order valence-electron chi connectivity index (χ2n) is 14.8. The molecule has 0 atom stereocenters. The number of anilines is 2. The van der Waals surface area contributed by atoms with E-state index in [0.717, 1.165) is 89.8 Å². The number of carbonyl (C=O) groups excluding carboxylic acids is 1. The first-order valence-corrected chi connectivity index (χ1v) is 18.6. The predicted octanol–water partition coefficient (Wildman–Crippen LogP) is 11.2. The molecular weight excluding hydrogens is 643 g/mol. The van der Waals surface area contributed by atoms with Crippen molar-refractivity contribution in [3.8, 4) is 22.6 Å². The zero-order valence-electron chi connectivity index (χ0n) is 31.4. The summed E-state index contributed by atoms with van der Waals surface area (Å²) >= 11 is 0. The fourth-order valence-corrected chi connectivity index (χ4v) is 6.80. The molecule has 1 heterocycles. The quantitative estimate of drug-likeness (QED) is 0.0986. The van der Waals surface area contributed by atoms with Gasteiger partial charge < -0.3 is 20.3 Å². The van der Waals surface area contributed by atoms with Gasteiger partial charge in [-0.2, -0.15) is 0 Å². The molecule has 268 valence electrons. The van der Waals surface area contributed by atoms with E-state index < -0.39 is 0 Å². The Kier molecular flexibility index (Phi) is 10.8. The maximum Gasteiger partial charge on any atom is 0.253 e. The molecule has 4 N–H and O–H groups in total. The minimum atomic E-state index is -0.153. The second kappa shape index (κ2) is 15.4. The van der Waals surface area contributed by atoms with Gasteiger partial charge in [0.2, 0.25) is 0 Å². The molecule has 0 aromatic heterocycles. The number of amidine groups is 2. The summed E-state index contributed by atoms with van der Waals surface area (Å²) in [5.41, 5.74) is 7.76. The van der Waals surface area contributed by atoms with Crippen LogP contribution < -0.4 is 15.4 Å². The zero-order chi connectivity index (χ0) is 37.0. The van der Waals surface area contributed by atoms with Crippen molar-refractivity contribution in [3.05, 3.63) is 119 Å². The van der Waals surface area contributed by atoms with Crippen LogP contribution in [0.25, 0.3) is 21.9 Å². The third kappa shape index (κ3) is 7.74. The van der Waals surface area contributed by atoms with Crippen molar-refractivity contribution in [2.75, 3.05) is 18.4 Å². The highest BCUT2D eigenvalue weighted by atomic mass is 16.5. The first-order chi connectivity index (χ1) is 25.0. The minimum absolute atomic E-state index is 0.0726. The maximum atomic E-state index is 13.6. The molecule has 0 fully saturated rings. The number of ether oxygens (including phenoxy) is 1. The lowest BCUT2D eigenvalue weighted by Gasteiger charge is -2.24. The van der Waals surface area contributed by atoms with Crippen LogP contribution in [0.3, 0.4) is 0 Å². The largest absolute Gasteiger partial charge is 0.457 e. The molecule has 5 aromatic rings. The summed E-state index contributed by atoms with van der Waals surface area (Å²) in [6.07, 6.45) is 5.00. The number of unbranched alkanes of at least 4 members (excludes halogenated alkanes) is 2. The average Bonchev–Trinajstić information content (AvgIpc) is 3.42. The van der Waals surface area contributed by atoms with Crippen LogP contribution in [0.2, 0.25) is 0 Å². The van der Waals surface area contributed by atoms with Crippen molar-refractivity contribution in [1.82, 2.24) is 10.2 Å². The molecular formula is C45H51N5O2. The summed E-state index contributed by atoms with van der Waals surface area (Å²) in [5, 5.41) is 26.4. The molecule has 0 spiro atoms. The molecule has 7 nitrogen and oxygen atoms in total. The van der Waals surface area contributed by atoms with Gasteiger partial charge in [-0.15, -0.1) is 0 Å². The van der Waals surface area contributed by atoms with Crippen LogP contribution in [0.5, 0.6) is 11.5 Å². The van der Waals surface area contributed by atoms with Crippen molar-refractivity contribution in [3.63, 3.8) is 0 Å². The highest BCUT2D eigenvalue weighted by Gasteiger charge is 2.29. The van der Waals surface area contributed by atoms with E-state index in [9.17, 15) is 4.79 Å². The smallest absolute Gasteiger partial charge is 0.253 e. The van der Waals surface area contributed by atoms with Gasteiger partial charge >= 0.3 is 0 Å². The molecule has 1 aliphatic heterocycles. The van der Waals surface area contributed by atoms with Crippen LogP contribution in [-0.2, 0) is 11.8 Å². The van der Waals surface area contributed by atoms with Gasteiger partial charge in [-0.25, -0.2) is 0 Å². The third-order valence-corrected chi connectivity index (χ3v) is 9.80. The van der Waals surface area contributed by atoms with Gasteiger partial charge in [0.25, 0.3) is 5.91 Å². The lowest BCUT2D eigenvalue weighted by molar-refractivity contribution is 0.0751. The Morgan fingerprint density at radius 3 is 2.12 bits per heavy atom. The Bertz CT molecular complexity index is 2120. The van der Waals surface area contributed by atoms with Crippen LogP contribution in [0, 0.1) is 10.8 Å². The van der Waals surface area contributed by atoms with Crippen molar-refractivity contribution in [2.45, 2.75) is 79.1 Å². The van der Waals surface area contributed by atoms with Crippen LogP contribution in [0.1, 0.15) is 99.8 Å². The molecule has 5 aromatic carbocycles. The Hall–Kier alpha value is -5.43.